The quantitative estimate of drug-likeness (QED) is 0.819. The first-order chi connectivity index (χ1) is 11.6. The molecule has 0 saturated carbocycles. The lowest BCUT2D eigenvalue weighted by atomic mass is 10.2. The van der Waals surface area contributed by atoms with Crippen LogP contribution in [-0.2, 0) is 4.74 Å². The molecule has 1 aromatic heterocycles. The second-order valence-electron chi connectivity index (χ2n) is 5.70. The number of amides is 1. The van der Waals surface area contributed by atoms with E-state index in [1.165, 1.54) is 0 Å². The molecular weight excluding hydrogens is 372 g/mol. The maximum atomic E-state index is 12.3. The smallest absolute Gasteiger partial charge is 0.270 e. The Labute approximate surface area is 149 Å². The molecule has 2 aromatic rings. The molecule has 3 rings (SSSR count). The van der Waals surface area contributed by atoms with E-state index in [0.29, 0.717) is 18.2 Å². The molecule has 1 aromatic carbocycles. The van der Waals surface area contributed by atoms with Gasteiger partial charge in [-0.1, -0.05) is 15.9 Å². The van der Waals surface area contributed by atoms with E-state index in [2.05, 4.69) is 36.5 Å². The number of hydrogen-bond donors (Lipinski definition) is 2. The Morgan fingerprint density at radius 2 is 2.12 bits per heavy atom. The summed E-state index contributed by atoms with van der Waals surface area (Å²) in [5.41, 5.74) is 1.93. The van der Waals surface area contributed by atoms with Crippen molar-refractivity contribution in [1.82, 2.24) is 15.3 Å². The molecule has 1 atom stereocenters. The number of rotatable bonds is 5. The molecule has 24 heavy (non-hydrogen) atoms. The lowest BCUT2D eigenvalue weighted by molar-refractivity contribution is 0.0853. The summed E-state index contributed by atoms with van der Waals surface area (Å²) in [5, 5.41) is 6.00. The Bertz CT molecular complexity index is 715. The first kappa shape index (κ1) is 16.9. The van der Waals surface area contributed by atoms with Gasteiger partial charge in [-0.2, -0.15) is 0 Å². The topological polar surface area (TPSA) is 76.1 Å². The molecule has 1 aliphatic rings. The number of ether oxygens (including phenoxy) is 1. The summed E-state index contributed by atoms with van der Waals surface area (Å²) in [7, 11) is 0. The van der Waals surface area contributed by atoms with Crippen molar-refractivity contribution in [3.8, 4) is 0 Å². The van der Waals surface area contributed by atoms with Gasteiger partial charge in [-0.05, 0) is 50.1 Å². The summed E-state index contributed by atoms with van der Waals surface area (Å²) in [6, 6.07) is 9.35. The van der Waals surface area contributed by atoms with E-state index < -0.39 is 0 Å². The van der Waals surface area contributed by atoms with E-state index in [1.807, 2.05) is 31.2 Å². The molecule has 1 amide bonds. The second-order valence-corrected chi connectivity index (χ2v) is 6.61. The van der Waals surface area contributed by atoms with Crippen molar-refractivity contribution in [3.05, 3.63) is 46.2 Å². The van der Waals surface area contributed by atoms with Gasteiger partial charge in [0.05, 0.1) is 6.10 Å². The third kappa shape index (κ3) is 4.52. The van der Waals surface area contributed by atoms with Crippen molar-refractivity contribution in [2.24, 2.45) is 0 Å². The molecule has 2 N–H and O–H groups in total. The molecule has 1 aliphatic heterocycles. The minimum Gasteiger partial charge on any atom is -0.376 e. The van der Waals surface area contributed by atoms with Crippen LogP contribution in [0, 0.1) is 6.92 Å². The van der Waals surface area contributed by atoms with E-state index >= 15 is 0 Å². The van der Waals surface area contributed by atoms with E-state index in [1.54, 1.807) is 6.07 Å². The summed E-state index contributed by atoms with van der Waals surface area (Å²) >= 11 is 3.40. The van der Waals surface area contributed by atoms with Crippen LogP contribution in [0.5, 0.6) is 0 Å². The highest BCUT2D eigenvalue weighted by Crippen LogP contribution is 2.17. The van der Waals surface area contributed by atoms with Crippen LogP contribution < -0.4 is 10.6 Å². The molecule has 0 bridgehead atoms. The number of aryl methyl sites for hydroxylation is 1. The Balaban J connectivity index is 1.68. The van der Waals surface area contributed by atoms with Crippen LogP contribution in [0.1, 0.15) is 29.0 Å². The average molecular weight is 391 g/mol. The zero-order valence-electron chi connectivity index (χ0n) is 13.4. The number of aromatic nitrogens is 2. The van der Waals surface area contributed by atoms with Crippen molar-refractivity contribution < 1.29 is 9.53 Å². The van der Waals surface area contributed by atoms with Crippen molar-refractivity contribution >= 4 is 33.5 Å². The highest BCUT2D eigenvalue weighted by atomic mass is 79.9. The van der Waals surface area contributed by atoms with Gasteiger partial charge in [0.1, 0.15) is 5.69 Å². The molecule has 6 nitrogen and oxygen atoms in total. The van der Waals surface area contributed by atoms with Gasteiger partial charge in [0.25, 0.3) is 5.91 Å². The van der Waals surface area contributed by atoms with E-state index in [9.17, 15) is 4.79 Å². The van der Waals surface area contributed by atoms with Gasteiger partial charge in [-0.25, -0.2) is 9.97 Å². The molecule has 7 heteroatoms. The van der Waals surface area contributed by atoms with Gasteiger partial charge in [0.15, 0.2) is 0 Å². The average Bonchev–Trinajstić information content (AvgIpc) is 3.08. The van der Waals surface area contributed by atoms with Gasteiger partial charge >= 0.3 is 0 Å². The fourth-order valence-corrected chi connectivity index (χ4v) is 2.77. The fourth-order valence-electron chi connectivity index (χ4n) is 2.51. The van der Waals surface area contributed by atoms with Crippen LogP contribution in [0.3, 0.4) is 0 Å². The summed E-state index contributed by atoms with van der Waals surface area (Å²) in [6.45, 7) is 3.12. The molecule has 0 spiro atoms. The fraction of sp³-hybridized carbons (Fsp3) is 0.353. The summed E-state index contributed by atoms with van der Waals surface area (Å²) in [5.74, 6) is 0.189. The Hall–Kier alpha value is -1.99. The number of carbonyl (C=O) groups excluding carboxylic acids is 1. The maximum absolute atomic E-state index is 12.3. The van der Waals surface area contributed by atoms with Crippen molar-refractivity contribution in [1.29, 1.82) is 0 Å². The number of nitrogens with zero attached hydrogens (tertiary/aromatic N) is 2. The summed E-state index contributed by atoms with van der Waals surface area (Å²) < 4.78 is 6.50. The molecule has 1 unspecified atom stereocenters. The number of hydrogen-bond acceptors (Lipinski definition) is 5. The number of nitrogens with one attached hydrogen (secondary N) is 2. The molecule has 1 fully saturated rings. The SMILES string of the molecule is Cc1cc(C(=O)NCC2CCCO2)nc(Nc2ccc(Br)cc2)n1. The third-order valence-corrected chi connectivity index (χ3v) is 4.23. The van der Waals surface area contributed by atoms with Crippen molar-refractivity contribution in [2.45, 2.75) is 25.9 Å². The minimum absolute atomic E-state index is 0.109. The van der Waals surface area contributed by atoms with Gasteiger partial charge < -0.3 is 15.4 Å². The van der Waals surface area contributed by atoms with Crippen LogP contribution in [0.2, 0.25) is 0 Å². The van der Waals surface area contributed by atoms with Gasteiger partial charge in [-0.15, -0.1) is 0 Å². The lowest BCUT2D eigenvalue weighted by Crippen LogP contribution is -2.32. The van der Waals surface area contributed by atoms with Crippen LogP contribution in [-0.4, -0.2) is 35.1 Å². The van der Waals surface area contributed by atoms with Crippen LogP contribution >= 0.6 is 15.9 Å². The monoisotopic (exact) mass is 390 g/mol. The Morgan fingerprint density at radius 3 is 2.83 bits per heavy atom. The second kappa shape index (κ2) is 7.72. The highest BCUT2D eigenvalue weighted by Gasteiger charge is 2.17. The van der Waals surface area contributed by atoms with Crippen LogP contribution in [0.15, 0.2) is 34.8 Å². The number of anilines is 2. The Morgan fingerprint density at radius 1 is 1.33 bits per heavy atom. The minimum atomic E-state index is -0.213. The zero-order chi connectivity index (χ0) is 16.9. The molecule has 1 saturated heterocycles. The largest absolute Gasteiger partial charge is 0.376 e. The van der Waals surface area contributed by atoms with Crippen molar-refractivity contribution in [2.75, 3.05) is 18.5 Å². The van der Waals surface area contributed by atoms with E-state index in [4.69, 9.17) is 4.74 Å². The van der Waals surface area contributed by atoms with Crippen molar-refractivity contribution in [3.63, 3.8) is 0 Å². The predicted molar refractivity (Wildman–Crippen MR) is 95.5 cm³/mol. The molecule has 126 valence electrons. The van der Waals surface area contributed by atoms with Crippen LogP contribution in [0.25, 0.3) is 0 Å². The van der Waals surface area contributed by atoms with Gasteiger partial charge in [0.2, 0.25) is 5.95 Å². The third-order valence-electron chi connectivity index (χ3n) is 3.70. The lowest BCUT2D eigenvalue weighted by Gasteiger charge is -2.11. The number of benzene rings is 1. The number of halogens is 1. The molecule has 0 aliphatic carbocycles. The maximum Gasteiger partial charge on any atom is 0.270 e. The zero-order valence-corrected chi connectivity index (χ0v) is 15.0. The molecular formula is C17H19BrN4O2. The molecule has 2 heterocycles. The van der Waals surface area contributed by atoms with E-state index in [0.717, 1.165) is 35.3 Å². The normalized spacial score (nSPS) is 16.8. The predicted octanol–water partition coefficient (Wildman–Crippen LogP) is 3.20. The molecule has 0 radical (unpaired) electrons. The van der Waals surface area contributed by atoms with E-state index in [-0.39, 0.29) is 12.0 Å². The number of carbonyl (C=O) groups is 1. The van der Waals surface area contributed by atoms with Gasteiger partial charge in [0, 0.05) is 29.0 Å². The standard InChI is InChI=1S/C17H19BrN4O2/c1-11-9-15(16(23)19-10-14-3-2-8-24-14)22-17(20-11)21-13-6-4-12(18)5-7-13/h4-7,9,14H,2-3,8,10H2,1H3,(H,19,23)(H,20,21,22). The summed E-state index contributed by atoms with van der Waals surface area (Å²) in [4.78, 5) is 21.0. The highest BCUT2D eigenvalue weighted by molar-refractivity contribution is 9.10. The summed E-state index contributed by atoms with van der Waals surface area (Å²) in [6.07, 6.45) is 2.14. The van der Waals surface area contributed by atoms with Crippen LogP contribution in [0.4, 0.5) is 11.6 Å². The Kier molecular flexibility index (Phi) is 5.42. The first-order valence-corrected chi connectivity index (χ1v) is 8.67. The van der Waals surface area contributed by atoms with Gasteiger partial charge in [-0.3, -0.25) is 4.79 Å². The first-order valence-electron chi connectivity index (χ1n) is 7.88.